The Morgan fingerprint density at radius 3 is 2.50 bits per heavy atom. The summed E-state index contributed by atoms with van der Waals surface area (Å²) in [5.74, 6) is 1.80. The van der Waals surface area contributed by atoms with Gasteiger partial charge in [-0.3, -0.25) is 4.90 Å². The lowest BCUT2D eigenvalue weighted by Crippen LogP contribution is -2.44. The first-order valence-corrected chi connectivity index (χ1v) is 8.12. The molecule has 106 valence electrons. The molecule has 2 saturated heterocycles. The van der Waals surface area contributed by atoms with Crippen molar-refractivity contribution in [2.75, 3.05) is 26.2 Å². The normalized spacial score (nSPS) is 30.8. The highest BCUT2D eigenvalue weighted by atomic mass is 15.2. The standard InChI is InChI=1S/C16H32N2/c1-4-5-6-7-8-9-10-18-13-14-11-17-12-15(14)16(18,2)3/h14-15,17H,4-13H2,1-3H3. The van der Waals surface area contributed by atoms with Crippen LogP contribution in [0.25, 0.3) is 0 Å². The van der Waals surface area contributed by atoms with E-state index in [2.05, 4.69) is 31.0 Å². The molecule has 2 fully saturated rings. The van der Waals surface area contributed by atoms with Crippen LogP contribution in [0.1, 0.15) is 59.3 Å². The SMILES string of the molecule is CCCCCCCCN1CC2CNCC2C1(C)C. The van der Waals surface area contributed by atoms with Crippen LogP contribution in [0.4, 0.5) is 0 Å². The number of nitrogens with one attached hydrogen (secondary N) is 1. The van der Waals surface area contributed by atoms with Gasteiger partial charge in [0.25, 0.3) is 0 Å². The third-order valence-electron chi connectivity index (χ3n) is 5.30. The van der Waals surface area contributed by atoms with Gasteiger partial charge in [-0.2, -0.15) is 0 Å². The maximum absolute atomic E-state index is 3.56. The van der Waals surface area contributed by atoms with Gasteiger partial charge in [0.15, 0.2) is 0 Å². The molecule has 2 unspecified atom stereocenters. The summed E-state index contributed by atoms with van der Waals surface area (Å²) in [4.78, 5) is 2.77. The van der Waals surface area contributed by atoms with Gasteiger partial charge in [0, 0.05) is 18.6 Å². The van der Waals surface area contributed by atoms with Gasteiger partial charge < -0.3 is 5.32 Å². The summed E-state index contributed by atoms with van der Waals surface area (Å²) in [5.41, 5.74) is 0.428. The summed E-state index contributed by atoms with van der Waals surface area (Å²) >= 11 is 0. The zero-order valence-corrected chi connectivity index (χ0v) is 12.7. The Hall–Kier alpha value is -0.0800. The summed E-state index contributed by atoms with van der Waals surface area (Å²) in [7, 11) is 0. The van der Waals surface area contributed by atoms with E-state index in [0.717, 1.165) is 11.8 Å². The summed E-state index contributed by atoms with van der Waals surface area (Å²) in [6, 6.07) is 0. The van der Waals surface area contributed by atoms with Crippen LogP contribution in [-0.2, 0) is 0 Å². The van der Waals surface area contributed by atoms with Crippen molar-refractivity contribution in [3.63, 3.8) is 0 Å². The van der Waals surface area contributed by atoms with Gasteiger partial charge in [0.2, 0.25) is 0 Å². The average Bonchev–Trinajstić information content (AvgIpc) is 2.88. The second kappa shape index (κ2) is 6.38. The molecule has 2 atom stereocenters. The highest BCUT2D eigenvalue weighted by Crippen LogP contribution is 2.40. The van der Waals surface area contributed by atoms with E-state index in [1.165, 1.54) is 64.7 Å². The Balaban J connectivity index is 1.67. The van der Waals surface area contributed by atoms with Crippen LogP contribution in [0.15, 0.2) is 0 Å². The minimum atomic E-state index is 0.428. The monoisotopic (exact) mass is 252 g/mol. The number of nitrogens with zero attached hydrogens (tertiary/aromatic N) is 1. The van der Waals surface area contributed by atoms with Crippen molar-refractivity contribution in [1.82, 2.24) is 10.2 Å². The summed E-state index contributed by atoms with van der Waals surface area (Å²) in [6.07, 6.45) is 8.49. The molecule has 2 heteroatoms. The van der Waals surface area contributed by atoms with Crippen LogP contribution in [0, 0.1) is 11.8 Å². The molecule has 2 rings (SSSR count). The maximum atomic E-state index is 3.56. The van der Waals surface area contributed by atoms with Crippen molar-refractivity contribution in [3.05, 3.63) is 0 Å². The fraction of sp³-hybridized carbons (Fsp3) is 1.00. The van der Waals surface area contributed by atoms with Crippen molar-refractivity contribution in [2.24, 2.45) is 11.8 Å². The van der Waals surface area contributed by atoms with Crippen LogP contribution in [0.5, 0.6) is 0 Å². The molecular weight excluding hydrogens is 220 g/mol. The molecule has 0 aromatic heterocycles. The van der Waals surface area contributed by atoms with Crippen molar-refractivity contribution < 1.29 is 0 Å². The first kappa shape index (κ1) is 14.3. The van der Waals surface area contributed by atoms with Crippen molar-refractivity contribution in [2.45, 2.75) is 64.8 Å². The third-order valence-corrected chi connectivity index (χ3v) is 5.30. The fourth-order valence-electron chi connectivity index (χ4n) is 3.97. The number of hydrogen-bond donors (Lipinski definition) is 1. The van der Waals surface area contributed by atoms with Gasteiger partial charge in [0.1, 0.15) is 0 Å². The number of likely N-dealkylation sites (tertiary alicyclic amines) is 1. The van der Waals surface area contributed by atoms with E-state index >= 15 is 0 Å². The molecule has 2 aliphatic rings. The molecule has 2 aliphatic heterocycles. The number of hydrogen-bond acceptors (Lipinski definition) is 2. The molecule has 2 nitrogen and oxygen atoms in total. The molecule has 0 aromatic carbocycles. The van der Waals surface area contributed by atoms with Crippen molar-refractivity contribution in [1.29, 1.82) is 0 Å². The third kappa shape index (κ3) is 3.08. The second-order valence-electron chi connectivity index (χ2n) is 6.89. The minimum Gasteiger partial charge on any atom is -0.316 e. The fourth-order valence-corrected chi connectivity index (χ4v) is 3.97. The van der Waals surface area contributed by atoms with Crippen LogP contribution < -0.4 is 5.32 Å². The second-order valence-corrected chi connectivity index (χ2v) is 6.89. The van der Waals surface area contributed by atoms with Gasteiger partial charge in [-0.25, -0.2) is 0 Å². The van der Waals surface area contributed by atoms with Crippen LogP contribution in [0.3, 0.4) is 0 Å². The molecule has 0 aromatic rings. The van der Waals surface area contributed by atoms with Gasteiger partial charge in [0.05, 0.1) is 0 Å². The van der Waals surface area contributed by atoms with Gasteiger partial charge in [-0.15, -0.1) is 0 Å². The molecule has 0 aliphatic carbocycles. The smallest absolute Gasteiger partial charge is 0.0197 e. The zero-order valence-electron chi connectivity index (χ0n) is 12.7. The highest BCUT2D eigenvalue weighted by molar-refractivity contribution is 5.04. The number of fused-ring (bicyclic) bond motifs is 1. The van der Waals surface area contributed by atoms with E-state index in [0.29, 0.717) is 5.54 Å². The summed E-state index contributed by atoms with van der Waals surface area (Å²) in [6.45, 7) is 12.4. The first-order valence-electron chi connectivity index (χ1n) is 8.12. The molecule has 0 spiro atoms. The first-order chi connectivity index (χ1) is 8.66. The van der Waals surface area contributed by atoms with E-state index in [1.54, 1.807) is 0 Å². The topological polar surface area (TPSA) is 15.3 Å². The molecule has 18 heavy (non-hydrogen) atoms. The summed E-state index contributed by atoms with van der Waals surface area (Å²) < 4.78 is 0. The Bertz CT molecular complexity index is 249. The van der Waals surface area contributed by atoms with E-state index in [9.17, 15) is 0 Å². The molecule has 0 bridgehead atoms. The lowest BCUT2D eigenvalue weighted by atomic mass is 9.85. The molecule has 0 radical (unpaired) electrons. The molecule has 0 saturated carbocycles. The zero-order chi connectivity index (χ0) is 13.0. The van der Waals surface area contributed by atoms with E-state index in [1.807, 2.05) is 0 Å². The van der Waals surface area contributed by atoms with Crippen molar-refractivity contribution >= 4 is 0 Å². The summed E-state index contributed by atoms with van der Waals surface area (Å²) in [5, 5.41) is 3.56. The Kier molecular flexibility index (Phi) is 5.08. The largest absolute Gasteiger partial charge is 0.316 e. The maximum Gasteiger partial charge on any atom is 0.0197 e. The average molecular weight is 252 g/mol. The van der Waals surface area contributed by atoms with E-state index in [4.69, 9.17) is 0 Å². The number of rotatable bonds is 7. The predicted octanol–water partition coefficient (Wildman–Crippen LogP) is 3.28. The lowest BCUT2D eigenvalue weighted by molar-refractivity contribution is 0.137. The predicted molar refractivity (Wildman–Crippen MR) is 78.9 cm³/mol. The van der Waals surface area contributed by atoms with Crippen molar-refractivity contribution in [3.8, 4) is 0 Å². The molecular formula is C16H32N2. The van der Waals surface area contributed by atoms with Gasteiger partial charge in [-0.05, 0) is 45.2 Å². The van der Waals surface area contributed by atoms with Gasteiger partial charge in [-0.1, -0.05) is 39.0 Å². The highest BCUT2D eigenvalue weighted by Gasteiger charge is 2.48. The Labute approximate surface area is 114 Å². The van der Waals surface area contributed by atoms with Crippen LogP contribution >= 0.6 is 0 Å². The Morgan fingerprint density at radius 2 is 1.78 bits per heavy atom. The lowest BCUT2D eigenvalue weighted by Gasteiger charge is -2.35. The minimum absolute atomic E-state index is 0.428. The molecule has 2 heterocycles. The van der Waals surface area contributed by atoms with E-state index < -0.39 is 0 Å². The number of unbranched alkanes of at least 4 members (excludes halogenated alkanes) is 5. The quantitative estimate of drug-likeness (QED) is 0.700. The van der Waals surface area contributed by atoms with Crippen LogP contribution in [0.2, 0.25) is 0 Å². The Morgan fingerprint density at radius 1 is 1.06 bits per heavy atom. The molecule has 0 amide bonds. The molecule has 1 N–H and O–H groups in total. The van der Waals surface area contributed by atoms with E-state index in [-0.39, 0.29) is 0 Å². The van der Waals surface area contributed by atoms with Crippen LogP contribution in [-0.4, -0.2) is 36.6 Å². The van der Waals surface area contributed by atoms with Gasteiger partial charge >= 0.3 is 0 Å².